The highest BCUT2D eigenvalue weighted by Crippen LogP contribution is 2.33. The van der Waals surface area contributed by atoms with Crippen LogP contribution in [0.2, 0.25) is 0 Å². The molecule has 3 rings (SSSR count). The zero-order valence-electron chi connectivity index (χ0n) is 17.1. The van der Waals surface area contributed by atoms with Gasteiger partial charge in [-0.05, 0) is 66.5 Å². The summed E-state index contributed by atoms with van der Waals surface area (Å²) in [6.45, 7) is 4.50. The van der Waals surface area contributed by atoms with E-state index in [9.17, 15) is 0 Å². The Balaban J connectivity index is 1.47. The number of aryl methyl sites for hydroxylation is 2. The second-order valence-electron chi connectivity index (χ2n) is 8.21. The van der Waals surface area contributed by atoms with Gasteiger partial charge in [0, 0.05) is 11.1 Å². The van der Waals surface area contributed by atoms with Crippen LogP contribution in [0.3, 0.4) is 0 Å². The Morgan fingerprint density at radius 1 is 0.667 bits per heavy atom. The minimum absolute atomic E-state index is 0.948. The van der Waals surface area contributed by atoms with Crippen molar-refractivity contribution in [3.05, 3.63) is 70.8 Å². The van der Waals surface area contributed by atoms with E-state index >= 15 is 0 Å². The average molecular weight is 359 g/mol. The van der Waals surface area contributed by atoms with Gasteiger partial charge >= 0.3 is 0 Å². The summed E-state index contributed by atoms with van der Waals surface area (Å²) in [7, 11) is 0. The molecule has 1 fully saturated rings. The van der Waals surface area contributed by atoms with Gasteiger partial charge in [-0.3, -0.25) is 0 Å². The van der Waals surface area contributed by atoms with E-state index in [1.165, 1.54) is 62.5 Å². The highest BCUT2D eigenvalue weighted by atomic mass is 14.3. The van der Waals surface area contributed by atoms with Crippen molar-refractivity contribution in [3.8, 4) is 11.8 Å². The molecule has 1 saturated carbocycles. The first-order valence-corrected chi connectivity index (χ1v) is 11.0. The molecule has 142 valence electrons. The van der Waals surface area contributed by atoms with Gasteiger partial charge in [0.1, 0.15) is 0 Å². The van der Waals surface area contributed by atoms with Crippen LogP contribution in [0.4, 0.5) is 0 Å². The smallest absolute Gasteiger partial charge is 0.0249 e. The lowest BCUT2D eigenvalue weighted by atomic mass is 9.78. The molecule has 1 aliphatic carbocycles. The number of hydrogen-bond acceptors (Lipinski definition) is 0. The largest absolute Gasteiger partial charge is 0.0654 e. The molecule has 0 saturated heterocycles. The minimum atomic E-state index is 0.948. The van der Waals surface area contributed by atoms with Crippen molar-refractivity contribution in [3.63, 3.8) is 0 Å². The summed E-state index contributed by atoms with van der Waals surface area (Å²) >= 11 is 0. The normalized spacial score (nSPS) is 19.3. The van der Waals surface area contributed by atoms with E-state index in [4.69, 9.17) is 0 Å². The first kappa shape index (κ1) is 19.8. The Labute approximate surface area is 166 Å². The minimum Gasteiger partial charge on any atom is -0.0654 e. The lowest BCUT2D eigenvalue weighted by Crippen LogP contribution is -2.15. The van der Waals surface area contributed by atoms with Gasteiger partial charge in [0.2, 0.25) is 0 Å². The van der Waals surface area contributed by atoms with Crippen molar-refractivity contribution in [2.24, 2.45) is 11.8 Å². The van der Waals surface area contributed by atoms with Crippen LogP contribution in [-0.2, 0) is 12.8 Å². The molecule has 27 heavy (non-hydrogen) atoms. The Hall–Kier alpha value is -2.00. The van der Waals surface area contributed by atoms with Crippen LogP contribution in [0.1, 0.15) is 81.0 Å². The molecular formula is C27H34. The van der Waals surface area contributed by atoms with E-state index in [1.54, 1.807) is 0 Å². The summed E-state index contributed by atoms with van der Waals surface area (Å²) < 4.78 is 0. The zero-order valence-corrected chi connectivity index (χ0v) is 17.1. The highest BCUT2D eigenvalue weighted by molar-refractivity contribution is 5.44. The second kappa shape index (κ2) is 10.4. The van der Waals surface area contributed by atoms with Crippen molar-refractivity contribution in [2.75, 3.05) is 0 Å². The molecule has 0 aliphatic heterocycles. The van der Waals surface area contributed by atoms with Crippen molar-refractivity contribution in [1.29, 1.82) is 0 Å². The van der Waals surface area contributed by atoms with Crippen LogP contribution in [0.5, 0.6) is 0 Å². The highest BCUT2D eigenvalue weighted by Gasteiger charge is 2.20. The molecule has 0 atom stereocenters. The van der Waals surface area contributed by atoms with E-state index < -0.39 is 0 Å². The average Bonchev–Trinajstić information content (AvgIpc) is 2.73. The zero-order chi connectivity index (χ0) is 18.9. The summed E-state index contributed by atoms with van der Waals surface area (Å²) in [5.74, 6) is 8.54. The Bertz CT molecular complexity index is 731. The number of rotatable bonds is 6. The van der Waals surface area contributed by atoms with Crippen LogP contribution in [0.25, 0.3) is 0 Å². The van der Waals surface area contributed by atoms with E-state index in [0.29, 0.717) is 0 Å². The predicted octanol–water partition coefficient (Wildman–Crippen LogP) is 7.19. The van der Waals surface area contributed by atoms with Crippen LogP contribution in [-0.4, -0.2) is 0 Å². The maximum atomic E-state index is 3.30. The lowest BCUT2D eigenvalue weighted by Gasteiger charge is -2.28. The van der Waals surface area contributed by atoms with Gasteiger partial charge in [-0.2, -0.15) is 0 Å². The van der Waals surface area contributed by atoms with E-state index in [-0.39, 0.29) is 0 Å². The third-order valence-corrected chi connectivity index (χ3v) is 6.17. The quantitative estimate of drug-likeness (QED) is 0.479. The fraction of sp³-hybridized carbons (Fsp3) is 0.481. The fourth-order valence-corrected chi connectivity index (χ4v) is 4.31. The molecule has 0 spiro atoms. The Morgan fingerprint density at radius 3 is 1.63 bits per heavy atom. The van der Waals surface area contributed by atoms with Gasteiger partial charge in [-0.25, -0.2) is 0 Å². The molecule has 0 N–H and O–H groups in total. The van der Waals surface area contributed by atoms with E-state index in [1.807, 2.05) is 0 Å². The van der Waals surface area contributed by atoms with Gasteiger partial charge in [-0.1, -0.05) is 88.5 Å². The molecule has 0 heterocycles. The summed E-state index contributed by atoms with van der Waals surface area (Å²) in [5, 5.41) is 0. The van der Waals surface area contributed by atoms with Crippen molar-refractivity contribution >= 4 is 0 Å². The number of benzene rings is 2. The molecule has 0 radical (unpaired) electrons. The second-order valence-corrected chi connectivity index (χ2v) is 8.21. The molecule has 2 aromatic rings. The third kappa shape index (κ3) is 6.28. The van der Waals surface area contributed by atoms with Crippen molar-refractivity contribution in [2.45, 2.75) is 71.6 Å². The third-order valence-electron chi connectivity index (χ3n) is 6.17. The topological polar surface area (TPSA) is 0 Å². The molecule has 0 aromatic heterocycles. The molecule has 0 bridgehead atoms. The molecule has 0 heteroatoms. The molecule has 0 nitrogen and oxygen atoms in total. The fourth-order valence-electron chi connectivity index (χ4n) is 4.31. The van der Waals surface area contributed by atoms with Crippen LogP contribution in [0.15, 0.2) is 48.5 Å². The Morgan fingerprint density at radius 2 is 1.15 bits per heavy atom. The number of hydrogen-bond donors (Lipinski definition) is 0. The Kier molecular flexibility index (Phi) is 7.58. The molecular weight excluding hydrogens is 324 g/mol. The molecule has 0 amide bonds. The first-order chi connectivity index (χ1) is 13.3. The summed E-state index contributed by atoms with van der Waals surface area (Å²) in [5.41, 5.74) is 5.03. The van der Waals surface area contributed by atoms with Gasteiger partial charge in [0.15, 0.2) is 0 Å². The SMILES string of the molecule is CCCC1CCC(CCc2ccc(C#Cc3ccc(CC)cc3)cc2)CC1. The summed E-state index contributed by atoms with van der Waals surface area (Å²) in [6.07, 6.45) is 12.3. The van der Waals surface area contributed by atoms with Gasteiger partial charge in [-0.15, -0.1) is 0 Å². The van der Waals surface area contributed by atoms with Crippen molar-refractivity contribution in [1.82, 2.24) is 0 Å². The molecule has 0 unspecified atom stereocenters. The van der Waals surface area contributed by atoms with Gasteiger partial charge < -0.3 is 0 Å². The molecule has 2 aromatic carbocycles. The summed E-state index contributed by atoms with van der Waals surface area (Å²) in [4.78, 5) is 0. The van der Waals surface area contributed by atoms with Gasteiger partial charge in [0.05, 0.1) is 0 Å². The van der Waals surface area contributed by atoms with Crippen LogP contribution in [0, 0.1) is 23.7 Å². The lowest BCUT2D eigenvalue weighted by molar-refractivity contribution is 0.252. The first-order valence-electron chi connectivity index (χ1n) is 11.0. The standard InChI is InChI=1S/C27H34/c1-3-5-23-10-12-25(13-11-23)16-17-27-20-18-26(19-21-27)15-14-24-8-6-22(4-2)7-9-24/h6-9,18-21,23,25H,3-5,10-13,16-17H2,1-2H3. The van der Waals surface area contributed by atoms with Crippen molar-refractivity contribution < 1.29 is 0 Å². The van der Waals surface area contributed by atoms with Crippen LogP contribution >= 0.6 is 0 Å². The molecule has 1 aliphatic rings. The monoisotopic (exact) mass is 358 g/mol. The maximum absolute atomic E-state index is 3.30. The van der Waals surface area contributed by atoms with E-state index in [2.05, 4.69) is 74.2 Å². The van der Waals surface area contributed by atoms with Crippen LogP contribution < -0.4 is 0 Å². The van der Waals surface area contributed by atoms with Gasteiger partial charge in [0.25, 0.3) is 0 Å². The predicted molar refractivity (Wildman–Crippen MR) is 117 cm³/mol. The summed E-state index contributed by atoms with van der Waals surface area (Å²) in [6, 6.07) is 17.5. The van der Waals surface area contributed by atoms with E-state index in [0.717, 1.165) is 29.4 Å². The maximum Gasteiger partial charge on any atom is 0.0249 e.